The van der Waals surface area contributed by atoms with Crippen LogP contribution in [0, 0.1) is 0 Å². The zero-order chi connectivity index (χ0) is 18.2. The largest absolute Gasteiger partial charge is 0.497 e. The first-order valence-corrected chi connectivity index (χ1v) is 8.74. The van der Waals surface area contributed by atoms with Crippen LogP contribution in [0.2, 0.25) is 0 Å². The molecule has 134 valence electrons. The second-order valence-corrected chi connectivity index (χ2v) is 6.76. The van der Waals surface area contributed by atoms with Gasteiger partial charge in [0, 0.05) is 11.4 Å². The highest BCUT2D eigenvalue weighted by atomic mass is 32.2. The second kappa shape index (κ2) is 9.22. The molecule has 1 amide bonds. The topological polar surface area (TPSA) is 56.8 Å². The van der Waals surface area contributed by atoms with E-state index in [4.69, 9.17) is 14.2 Å². The van der Waals surface area contributed by atoms with Crippen molar-refractivity contribution < 1.29 is 19.0 Å². The van der Waals surface area contributed by atoms with Crippen molar-refractivity contribution in [1.82, 2.24) is 5.32 Å². The van der Waals surface area contributed by atoms with Crippen LogP contribution in [-0.4, -0.2) is 32.5 Å². The maximum Gasteiger partial charge on any atom is 0.233 e. The molecule has 2 aromatic carbocycles. The van der Waals surface area contributed by atoms with Crippen LogP contribution < -0.4 is 19.5 Å². The van der Waals surface area contributed by atoms with Gasteiger partial charge in [-0.15, -0.1) is 11.8 Å². The van der Waals surface area contributed by atoms with Crippen molar-refractivity contribution in [3.05, 3.63) is 48.0 Å². The van der Waals surface area contributed by atoms with Gasteiger partial charge in [-0.2, -0.15) is 0 Å². The summed E-state index contributed by atoms with van der Waals surface area (Å²) in [4.78, 5) is 13.3. The van der Waals surface area contributed by atoms with Crippen LogP contribution in [0.5, 0.6) is 17.2 Å². The van der Waals surface area contributed by atoms with E-state index in [9.17, 15) is 4.79 Å². The van der Waals surface area contributed by atoms with Crippen LogP contribution in [0.4, 0.5) is 0 Å². The lowest BCUT2D eigenvalue weighted by molar-refractivity contribution is -0.120. The zero-order valence-corrected chi connectivity index (χ0v) is 15.7. The number of thioether (sulfide) groups is 1. The molecule has 2 rings (SSSR count). The molecule has 1 unspecified atom stereocenters. The third-order valence-electron chi connectivity index (χ3n) is 3.66. The van der Waals surface area contributed by atoms with Crippen molar-refractivity contribution in [2.24, 2.45) is 0 Å². The third-order valence-corrected chi connectivity index (χ3v) is 4.76. The summed E-state index contributed by atoms with van der Waals surface area (Å²) >= 11 is 1.47. The van der Waals surface area contributed by atoms with Gasteiger partial charge in [0.2, 0.25) is 5.91 Å². The molecule has 0 heterocycles. The van der Waals surface area contributed by atoms with Gasteiger partial charge >= 0.3 is 0 Å². The van der Waals surface area contributed by atoms with Gasteiger partial charge in [-0.3, -0.25) is 4.79 Å². The minimum absolute atomic E-state index is 0.0180. The molecule has 0 saturated heterocycles. The monoisotopic (exact) mass is 361 g/mol. The van der Waals surface area contributed by atoms with Crippen LogP contribution >= 0.6 is 11.8 Å². The number of methoxy groups -OCH3 is 3. The molecule has 0 aliphatic heterocycles. The lowest BCUT2D eigenvalue weighted by atomic mass is 10.2. The minimum atomic E-state index is -0.226. The van der Waals surface area contributed by atoms with Crippen molar-refractivity contribution in [3.8, 4) is 17.2 Å². The number of carbonyl (C=O) groups excluding carboxylic acids is 1. The van der Waals surface area contributed by atoms with Crippen LogP contribution in [0.15, 0.2) is 47.4 Å². The molecule has 2 aromatic rings. The fourth-order valence-corrected chi connectivity index (χ4v) is 3.14. The summed E-state index contributed by atoms with van der Waals surface area (Å²) in [5, 5.41) is 2.73. The molecule has 5 nitrogen and oxygen atoms in total. The lowest BCUT2D eigenvalue weighted by Gasteiger charge is -2.14. The van der Waals surface area contributed by atoms with E-state index in [0.29, 0.717) is 18.0 Å². The first-order chi connectivity index (χ1) is 12.1. The Labute approximate surface area is 152 Å². The van der Waals surface area contributed by atoms with Crippen molar-refractivity contribution in [3.63, 3.8) is 0 Å². The summed E-state index contributed by atoms with van der Waals surface area (Å²) in [6.45, 7) is 2.37. The molecule has 25 heavy (non-hydrogen) atoms. The number of amides is 1. The minimum Gasteiger partial charge on any atom is -0.497 e. The van der Waals surface area contributed by atoms with E-state index in [1.54, 1.807) is 21.3 Å². The average molecular weight is 361 g/mol. The Bertz CT molecular complexity index is 703. The molecular weight excluding hydrogens is 338 g/mol. The zero-order valence-electron chi connectivity index (χ0n) is 14.9. The van der Waals surface area contributed by atoms with Gasteiger partial charge in [-0.25, -0.2) is 0 Å². The van der Waals surface area contributed by atoms with E-state index < -0.39 is 0 Å². The molecule has 0 aliphatic carbocycles. The quantitative estimate of drug-likeness (QED) is 0.729. The Kier molecular flexibility index (Phi) is 7.01. The third kappa shape index (κ3) is 5.32. The Hall–Kier alpha value is -2.34. The first kappa shape index (κ1) is 19.0. The van der Waals surface area contributed by atoms with Gasteiger partial charge in [0.15, 0.2) is 11.5 Å². The SMILES string of the molecule is COc1ccc(CNC(=O)C(C)Sc2ccc(OC)c(OC)c2)cc1. The Morgan fingerprint density at radius 3 is 2.28 bits per heavy atom. The summed E-state index contributed by atoms with van der Waals surface area (Å²) in [7, 11) is 4.82. The van der Waals surface area contributed by atoms with Crippen molar-refractivity contribution in [2.45, 2.75) is 23.6 Å². The van der Waals surface area contributed by atoms with Crippen molar-refractivity contribution in [1.29, 1.82) is 0 Å². The van der Waals surface area contributed by atoms with E-state index >= 15 is 0 Å². The smallest absolute Gasteiger partial charge is 0.233 e. The number of nitrogens with one attached hydrogen (secondary N) is 1. The van der Waals surface area contributed by atoms with E-state index in [-0.39, 0.29) is 11.2 Å². The molecule has 0 aliphatic rings. The summed E-state index contributed by atoms with van der Waals surface area (Å²) in [6, 6.07) is 13.3. The number of benzene rings is 2. The van der Waals surface area contributed by atoms with Crippen LogP contribution in [0.25, 0.3) is 0 Å². The molecule has 6 heteroatoms. The molecule has 1 atom stereocenters. The van der Waals surface area contributed by atoms with Crippen molar-refractivity contribution >= 4 is 17.7 Å². The number of ether oxygens (including phenoxy) is 3. The Balaban J connectivity index is 1.91. The van der Waals surface area contributed by atoms with E-state index in [2.05, 4.69) is 5.32 Å². The van der Waals surface area contributed by atoms with E-state index in [1.165, 1.54) is 11.8 Å². The standard InChI is InChI=1S/C19H23NO4S/c1-13(25-16-9-10-17(23-3)18(11-16)24-4)19(21)20-12-14-5-7-15(22-2)8-6-14/h5-11,13H,12H2,1-4H3,(H,20,21). The number of carbonyl (C=O) groups is 1. The highest BCUT2D eigenvalue weighted by molar-refractivity contribution is 8.00. The molecule has 1 N–H and O–H groups in total. The fraction of sp³-hybridized carbons (Fsp3) is 0.316. The molecular formula is C19H23NO4S. The molecule has 0 bridgehead atoms. The van der Waals surface area contributed by atoms with Gasteiger partial charge in [-0.1, -0.05) is 12.1 Å². The summed E-state index contributed by atoms with van der Waals surface area (Å²) in [5.41, 5.74) is 1.03. The van der Waals surface area contributed by atoms with Crippen molar-refractivity contribution in [2.75, 3.05) is 21.3 Å². The van der Waals surface area contributed by atoms with Gasteiger partial charge < -0.3 is 19.5 Å². The second-order valence-electron chi connectivity index (χ2n) is 5.34. The van der Waals surface area contributed by atoms with Crippen LogP contribution in [0.3, 0.4) is 0 Å². The normalized spacial score (nSPS) is 11.5. The van der Waals surface area contributed by atoms with E-state index in [0.717, 1.165) is 16.2 Å². The molecule has 0 fully saturated rings. The maximum absolute atomic E-state index is 12.3. The number of rotatable bonds is 8. The lowest BCUT2D eigenvalue weighted by Crippen LogP contribution is -2.30. The summed E-state index contributed by atoms with van der Waals surface area (Å²) < 4.78 is 15.6. The maximum atomic E-state index is 12.3. The number of hydrogen-bond donors (Lipinski definition) is 1. The molecule has 0 radical (unpaired) electrons. The van der Waals surface area contributed by atoms with Gasteiger partial charge in [0.25, 0.3) is 0 Å². The first-order valence-electron chi connectivity index (χ1n) is 7.86. The summed E-state index contributed by atoms with van der Waals surface area (Å²) in [6.07, 6.45) is 0. The highest BCUT2D eigenvalue weighted by Crippen LogP contribution is 2.33. The average Bonchev–Trinajstić information content (AvgIpc) is 2.66. The van der Waals surface area contributed by atoms with Crippen LogP contribution in [0.1, 0.15) is 12.5 Å². The van der Waals surface area contributed by atoms with Gasteiger partial charge in [0.05, 0.1) is 26.6 Å². The highest BCUT2D eigenvalue weighted by Gasteiger charge is 2.15. The molecule has 0 spiro atoms. The Morgan fingerprint density at radius 2 is 1.68 bits per heavy atom. The molecule has 0 saturated carbocycles. The van der Waals surface area contributed by atoms with Gasteiger partial charge in [0.1, 0.15) is 5.75 Å². The van der Waals surface area contributed by atoms with Gasteiger partial charge in [-0.05, 0) is 42.8 Å². The molecule has 0 aromatic heterocycles. The predicted octanol–water partition coefficient (Wildman–Crippen LogP) is 3.51. The predicted molar refractivity (Wildman–Crippen MR) is 99.7 cm³/mol. The number of hydrogen-bond acceptors (Lipinski definition) is 5. The van der Waals surface area contributed by atoms with E-state index in [1.807, 2.05) is 49.4 Å². The fourth-order valence-electron chi connectivity index (χ4n) is 2.22. The Morgan fingerprint density at radius 1 is 1.00 bits per heavy atom. The van der Waals surface area contributed by atoms with Crippen LogP contribution in [-0.2, 0) is 11.3 Å². The summed E-state index contributed by atoms with van der Waals surface area (Å²) in [5.74, 6) is 2.10.